The molecule has 0 spiro atoms. The zero-order valence-electron chi connectivity index (χ0n) is 15.0. The molecule has 3 aromatic heterocycles. The van der Waals surface area contributed by atoms with Crippen LogP contribution >= 0.6 is 11.3 Å². The lowest BCUT2D eigenvalue weighted by Gasteiger charge is -2.20. The van der Waals surface area contributed by atoms with Gasteiger partial charge >= 0.3 is 0 Å². The standard InChI is InChI=1S/C19H20N6OS/c1-24-9-7-18(26)25(11-10-24)14-5-6-16(21-13-14)23-17-4-2-3-15(22-17)19-20-8-12-27-19/h2-6,8,12-13H,7,9-11H2,1H3,(H,21,22,23). The second-order valence-corrected chi connectivity index (χ2v) is 7.27. The molecule has 0 saturated carbocycles. The minimum Gasteiger partial charge on any atom is -0.325 e. The third-order valence-corrected chi connectivity index (χ3v) is 5.23. The highest BCUT2D eigenvalue weighted by Crippen LogP contribution is 2.23. The molecule has 0 radical (unpaired) electrons. The summed E-state index contributed by atoms with van der Waals surface area (Å²) in [7, 11) is 2.04. The average molecular weight is 380 g/mol. The molecule has 27 heavy (non-hydrogen) atoms. The molecule has 1 aliphatic heterocycles. The zero-order valence-corrected chi connectivity index (χ0v) is 15.8. The second-order valence-electron chi connectivity index (χ2n) is 6.37. The van der Waals surface area contributed by atoms with Crippen LogP contribution in [0.25, 0.3) is 10.7 Å². The average Bonchev–Trinajstić information content (AvgIpc) is 3.17. The Balaban J connectivity index is 1.48. The van der Waals surface area contributed by atoms with Gasteiger partial charge in [0.25, 0.3) is 0 Å². The number of amides is 1. The normalized spacial score (nSPS) is 15.6. The summed E-state index contributed by atoms with van der Waals surface area (Å²) in [6, 6.07) is 9.55. The molecule has 4 rings (SSSR count). The van der Waals surface area contributed by atoms with Gasteiger partial charge in [-0.3, -0.25) is 4.79 Å². The molecule has 1 saturated heterocycles. The van der Waals surface area contributed by atoms with Crippen molar-refractivity contribution in [3.63, 3.8) is 0 Å². The fraction of sp³-hybridized carbons (Fsp3) is 0.263. The van der Waals surface area contributed by atoms with E-state index in [9.17, 15) is 4.79 Å². The Morgan fingerprint density at radius 1 is 1.07 bits per heavy atom. The molecule has 1 aliphatic rings. The van der Waals surface area contributed by atoms with Crippen molar-refractivity contribution in [2.45, 2.75) is 6.42 Å². The molecule has 1 amide bonds. The Morgan fingerprint density at radius 3 is 2.78 bits per heavy atom. The predicted octanol–water partition coefficient (Wildman–Crippen LogP) is 3.01. The number of carbonyl (C=O) groups excluding carboxylic acids is 1. The van der Waals surface area contributed by atoms with E-state index in [4.69, 9.17) is 0 Å². The van der Waals surface area contributed by atoms with Gasteiger partial charge in [-0.1, -0.05) is 6.07 Å². The maximum Gasteiger partial charge on any atom is 0.228 e. The van der Waals surface area contributed by atoms with E-state index in [2.05, 4.69) is 25.2 Å². The van der Waals surface area contributed by atoms with E-state index in [0.717, 1.165) is 29.5 Å². The molecule has 0 aromatic carbocycles. The van der Waals surface area contributed by atoms with Gasteiger partial charge in [0.2, 0.25) is 5.91 Å². The monoisotopic (exact) mass is 380 g/mol. The first kappa shape index (κ1) is 17.6. The first-order valence-corrected chi connectivity index (χ1v) is 9.66. The molecular formula is C19H20N6OS. The summed E-state index contributed by atoms with van der Waals surface area (Å²) in [6.45, 7) is 2.34. The van der Waals surface area contributed by atoms with Crippen molar-refractivity contribution >= 4 is 34.6 Å². The van der Waals surface area contributed by atoms with E-state index in [-0.39, 0.29) is 5.91 Å². The maximum absolute atomic E-state index is 12.3. The summed E-state index contributed by atoms with van der Waals surface area (Å²) in [5.41, 5.74) is 1.65. The lowest BCUT2D eigenvalue weighted by atomic mass is 10.3. The number of aromatic nitrogens is 3. The predicted molar refractivity (Wildman–Crippen MR) is 107 cm³/mol. The van der Waals surface area contributed by atoms with Crippen LogP contribution in [-0.4, -0.2) is 52.4 Å². The Hall–Kier alpha value is -2.84. The number of thiazole rings is 1. The lowest BCUT2D eigenvalue weighted by Crippen LogP contribution is -2.32. The van der Waals surface area contributed by atoms with Crippen molar-refractivity contribution in [2.24, 2.45) is 0 Å². The highest BCUT2D eigenvalue weighted by molar-refractivity contribution is 7.13. The SMILES string of the molecule is CN1CCC(=O)N(c2ccc(Nc3cccc(-c4nccs4)n3)nc2)CC1. The third-order valence-electron chi connectivity index (χ3n) is 4.43. The van der Waals surface area contributed by atoms with Gasteiger partial charge in [-0.2, -0.15) is 0 Å². The number of nitrogens with one attached hydrogen (secondary N) is 1. The van der Waals surface area contributed by atoms with Gasteiger partial charge in [-0.15, -0.1) is 11.3 Å². The first-order chi connectivity index (χ1) is 13.2. The van der Waals surface area contributed by atoms with E-state index in [1.54, 1.807) is 23.7 Å². The first-order valence-electron chi connectivity index (χ1n) is 8.78. The van der Waals surface area contributed by atoms with Crippen LogP contribution in [0.5, 0.6) is 0 Å². The fourth-order valence-electron chi connectivity index (χ4n) is 2.93. The van der Waals surface area contributed by atoms with Crippen molar-refractivity contribution in [1.29, 1.82) is 0 Å². The van der Waals surface area contributed by atoms with Crippen LogP contribution in [0.4, 0.5) is 17.3 Å². The topological polar surface area (TPSA) is 74.2 Å². The minimum absolute atomic E-state index is 0.139. The van der Waals surface area contributed by atoms with Crippen LogP contribution in [0.2, 0.25) is 0 Å². The van der Waals surface area contributed by atoms with Gasteiger partial charge in [0.15, 0.2) is 0 Å². The molecule has 0 aliphatic carbocycles. The summed E-state index contributed by atoms with van der Waals surface area (Å²) in [5.74, 6) is 1.53. The number of carbonyl (C=O) groups is 1. The van der Waals surface area contributed by atoms with E-state index >= 15 is 0 Å². The maximum atomic E-state index is 12.3. The van der Waals surface area contributed by atoms with Crippen LogP contribution in [-0.2, 0) is 4.79 Å². The van der Waals surface area contributed by atoms with Crippen molar-refractivity contribution < 1.29 is 4.79 Å². The highest BCUT2D eigenvalue weighted by Gasteiger charge is 2.20. The fourth-order valence-corrected chi connectivity index (χ4v) is 3.53. The Labute approximate surface area is 161 Å². The van der Waals surface area contributed by atoms with Crippen molar-refractivity contribution in [3.8, 4) is 10.7 Å². The number of rotatable bonds is 4. The quantitative estimate of drug-likeness (QED) is 0.750. The second kappa shape index (κ2) is 7.81. The molecule has 0 unspecified atom stereocenters. The molecule has 0 bridgehead atoms. The molecule has 138 valence electrons. The van der Waals surface area contributed by atoms with E-state index in [1.165, 1.54) is 0 Å². The van der Waals surface area contributed by atoms with Crippen LogP contribution in [0.1, 0.15) is 6.42 Å². The van der Waals surface area contributed by atoms with E-state index in [0.29, 0.717) is 24.6 Å². The summed E-state index contributed by atoms with van der Waals surface area (Å²) in [5, 5.41) is 6.02. The van der Waals surface area contributed by atoms with Gasteiger partial charge < -0.3 is 15.1 Å². The molecule has 8 heteroatoms. The summed E-state index contributed by atoms with van der Waals surface area (Å²) in [4.78, 5) is 29.6. The molecule has 0 atom stereocenters. The lowest BCUT2D eigenvalue weighted by molar-refractivity contribution is -0.118. The number of anilines is 3. The van der Waals surface area contributed by atoms with Crippen LogP contribution in [0, 0.1) is 0 Å². The largest absolute Gasteiger partial charge is 0.325 e. The van der Waals surface area contributed by atoms with Crippen LogP contribution in [0.15, 0.2) is 48.1 Å². The molecule has 4 heterocycles. The number of hydrogen-bond acceptors (Lipinski definition) is 7. The smallest absolute Gasteiger partial charge is 0.228 e. The molecule has 1 N–H and O–H groups in total. The molecule has 1 fully saturated rings. The number of hydrogen-bond donors (Lipinski definition) is 1. The van der Waals surface area contributed by atoms with Gasteiger partial charge in [0, 0.05) is 37.6 Å². The summed E-state index contributed by atoms with van der Waals surface area (Å²) < 4.78 is 0. The summed E-state index contributed by atoms with van der Waals surface area (Å²) >= 11 is 1.55. The van der Waals surface area contributed by atoms with Crippen molar-refractivity contribution in [1.82, 2.24) is 19.9 Å². The van der Waals surface area contributed by atoms with Crippen LogP contribution in [0.3, 0.4) is 0 Å². The van der Waals surface area contributed by atoms with E-state index in [1.807, 2.05) is 47.7 Å². The number of nitrogens with zero attached hydrogens (tertiary/aromatic N) is 5. The van der Waals surface area contributed by atoms with Crippen LogP contribution < -0.4 is 10.2 Å². The summed E-state index contributed by atoms with van der Waals surface area (Å²) in [6.07, 6.45) is 4.03. The van der Waals surface area contributed by atoms with Crippen molar-refractivity contribution in [3.05, 3.63) is 48.1 Å². The Morgan fingerprint density at radius 2 is 2.00 bits per heavy atom. The molecule has 3 aromatic rings. The zero-order chi connectivity index (χ0) is 18.6. The van der Waals surface area contributed by atoms with Gasteiger partial charge in [-0.25, -0.2) is 15.0 Å². The third kappa shape index (κ3) is 4.12. The van der Waals surface area contributed by atoms with Gasteiger partial charge in [-0.05, 0) is 31.3 Å². The van der Waals surface area contributed by atoms with Crippen molar-refractivity contribution in [2.75, 3.05) is 36.9 Å². The minimum atomic E-state index is 0.139. The number of pyridine rings is 2. The van der Waals surface area contributed by atoms with Gasteiger partial charge in [0.05, 0.1) is 11.9 Å². The highest BCUT2D eigenvalue weighted by atomic mass is 32.1. The Kier molecular flexibility index (Phi) is 5.08. The molecular weight excluding hydrogens is 360 g/mol. The molecule has 7 nitrogen and oxygen atoms in total. The number of likely N-dealkylation sites (N-methyl/N-ethyl adjacent to an activating group) is 1. The van der Waals surface area contributed by atoms with Gasteiger partial charge in [0.1, 0.15) is 22.3 Å². The van der Waals surface area contributed by atoms with E-state index < -0.39 is 0 Å². The Bertz CT molecular complexity index is 912.